The van der Waals surface area contributed by atoms with Gasteiger partial charge < -0.3 is 14.4 Å². The van der Waals surface area contributed by atoms with E-state index in [4.69, 9.17) is 4.42 Å². The molecule has 0 aliphatic carbocycles. The number of β-amino-alcohol motifs (C(OH)–C–C–N with tert-alkyl or cyclic N) is 1. The maximum atomic E-state index is 12.7. The molecule has 1 aliphatic rings. The van der Waals surface area contributed by atoms with Gasteiger partial charge in [0.15, 0.2) is 5.60 Å². The smallest absolute Gasteiger partial charge is 0.419 e. The van der Waals surface area contributed by atoms with E-state index in [2.05, 4.69) is 0 Å². The highest BCUT2D eigenvalue weighted by atomic mass is 19.4. The summed E-state index contributed by atoms with van der Waals surface area (Å²) in [6.07, 6.45) is -5.23. The van der Waals surface area contributed by atoms with Crippen LogP contribution in [0.1, 0.15) is 28.3 Å². The van der Waals surface area contributed by atoms with Gasteiger partial charge in [0.25, 0.3) is 5.91 Å². The highest BCUT2D eigenvalue weighted by Crippen LogP contribution is 2.38. The number of halogens is 3. The van der Waals surface area contributed by atoms with Crippen LogP contribution >= 0.6 is 0 Å². The number of alkyl halides is 3. The quantitative estimate of drug-likeness (QED) is 0.854. The molecule has 0 radical (unpaired) electrons. The van der Waals surface area contributed by atoms with Crippen LogP contribution < -0.4 is 0 Å². The standard InChI is InChI=1S/C12H14F3NO3/c1-7-5-9(8(2)19-7)10(17)16-4-3-11(18,6-16)12(13,14)15/h5,18H,3-4,6H2,1-2H3. The fraction of sp³-hybridized carbons (Fsp3) is 0.583. The molecule has 2 rings (SSSR count). The minimum atomic E-state index is -4.73. The molecule has 0 bridgehead atoms. The van der Waals surface area contributed by atoms with Crippen molar-refractivity contribution in [3.05, 3.63) is 23.2 Å². The number of hydrogen-bond acceptors (Lipinski definition) is 3. The first-order valence-electron chi connectivity index (χ1n) is 5.79. The van der Waals surface area contributed by atoms with Gasteiger partial charge >= 0.3 is 6.18 Å². The first kappa shape index (κ1) is 13.9. The Morgan fingerprint density at radius 1 is 1.47 bits per heavy atom. The summed E-state index contributed by atoms with van der Waals surface area (Å²) >= 11 is 0. The van der Waals surface area contributed by atoms with Gasteiger partial charge in [0.2, 0.25) is 0 Å². The van der Waals surface area contributed by atoms with Gasteiger partial charge in [0.05, 0.1) is 12.1 Å². The number of aryl methyl sites for hydroxylation is 2. The summed E-state index contributed by atoms with van der Waals surface area (Å²) in [5.41, 5.74) is -2.57. The molecule has 0 spiro atoms. The Labute approximate surface area is 107 Å². The zero-order chi connectivity index (χ0) is 14.4. The number of hydrogen-bond donors (Lipinski definition) is 1. The fourth-order valence-corrected chi connectivity index (χ4v) is 2.21. The van der Waals surface area contributed by atoms with E-state index in [-0.39, 0.29) is 12.1 Å². The van der Waals surface area contributed by atoms with Crippen LogP contribution in [0.5, 0.6) is 0 Å². The van der Waals surface area contributed by atoms with Crippen molar-refractivity contribution in [1.29, 1.82) is 0 Å². The van der Waals surface area contributed by atoms with Crippen molar-refractivity contribution in [2.75, 3.05) is 13.1 Å². The van der Waals surface area contributed by atoms with Crippen molar-refractivity contribution in [1.82, 2.24) is 4.90 Å². The predicted molar refractivity (Wildman–Crippen MR) is 59.7 cm³/mol. The van der Waals surface area contributed by atoms with Crippen molar-refractivity contribution in [3.63, 3.8) is 0 Å². The maximum Gasteiger partial charge on any atom is 0.419 e. The van der Waals surface area contributed by atoms with E-state index >= 15 is 0 Å². The molecule has 1 atom stereocenters. The van der Waals surface area contributed by atoms with Crippen molar-refractivity contribution in [2.45, 2.75) is 32.0 Å². The minimum Gasteiger partial charge on any atom is -0.466 e. The van der Waals surface area contributed by atoms with Gasteiger partial charge in [0.1, 0.15) is 11.5 Å². The summed E-state index contributed by atoms with van der Waals surface area (Å²) in [6.45, 7) is 2.36. The van der Waals surface area contributed by atoms with Crippen LogP contribution in [0, 0.1) is 13.8 Å². The Hall–Kier alpha value is -1.50. The van der Waals surface area contributed by atoms with Crippen LogP contribution in [0.4, 0.5) is 13.2 Å². The Morgan fingerprint density at radius 2 is 2.11 bits per heavy atom. The van der Waals surface area contributed by atoms with Crippen LogP contribution in [0.2, 0.25) is 0 Å². The number of nitrogens with zero attached hydrogens (tertiary/aromatic N) is 1. The van der Waals surface area contributed by atoms with Crippen molar-refractivity contribution < 1.29 is 27.5 Å². The molecule has 0 saturated carbocycles. The maximum absolute atomic E-state index is 12.7. The van der Waals surface area contributed by atoms with Crippen LogP contribution in [0.15, 0.2) is 10.5 Å². The molecule has 19 heavy (non-hydrogen) atoms. The van der Waals surface area contributed by atoms with E-state index in [9.17, 15) is 23.1 Å². The number of carbonyl (C=O) groups excluding carboxylic acids is 1. The fourth-order valence-electron chi connectivity index (χ4n) is 2.21. The zero-order valence-corrected chi connectivity index (χ0v) is 10.5. The molecule has 1 unspecified atom stereocenters. The lowest BCUT2D eigenvalue weighted by atomic mass is 10.0. The SMILES string of the molecule is Cc1cc(C(=O)N2CCC(O)(C(F)(F)F)C2)c(C)o1. The van der Waals surface area contributed by atoms with Crippen molar-refractivity contribution >= 4 is 5.91 Å². The lowest BCUT2D eigenvalue weighted by Gasteiger charge is -2.25. The molecular formula is C12H14F3NO3. The molecule has 0 aromatic carbocycles. The molecule has 1 aliphatic heterocycles. The lowest BCUT2D eigenvalue weighted by Crippen LogP contribution is -2.48. The van der Waals surface area contributed by atoms with Gasteiger partial charge in [-0.15, -0.1) is 0 Å². The molecule has 1 fully saturated rings. The summed E-state index contributed by atoms with van der Waals surface area (Å²) in [7, 11) is 0. The Kier molecular flexibility index (Phi) is 3.12. The monoisotopic (exact) mass is 277 g/mol. The molecule has 7 heteroatoms. The second kappa shape index (κ2) is 4.26. The summed E-state index contributed by atoms with van der Waals surface area (Å²) in [5, 5.41) is 9.53. The number of amides is 1. The van der Waals surface area contributed by atoms with E-state index in [1.54, 1.807) is 13.8 Å². The molecule has 1 amide bonds. The zero-order valence-electron chi connectivity index (χ0n) is 10.5. The third-order valence-corrected chi connectivity index (χ3v) is 3.33. The summed E-state index contributed by atoms with van der Waals surface area (Å²) in [6, 6.07) is 1.49. The minimum absolute atomic E-state index is 0.126. The highest BCUT2D eigenvalue weighted by Gasteiger charge is 2.57. The molecule has 1 N–H and O–H groups in total. The molecule has 1 aromatic rings. The average molecular weight is 277 g/mol. The normalized spacial score (nSPS) is 24.0. The van der Waals surface area contributed by atoms with E-state index in [1.807, 2.05) is 0 Å². The van der Waals surface area contributed by atoms with Gasteiger partial charge in [-0.1, -0.05) is 0 Å². The van der Waals surface area contributed by atoms with E-state index in [0.717, 1.165) is 4.90 Å². The van der Waals surface area contributed by atoms with Crippen LogP contribution in [0.25, 0.3) is 0 Å². The number of aliphatic hydroxyl groups is 1. The number of rotatable bonds is 1. The van der Waals surface area contributed by atoms with Crippen LogP contribution in [-0.4, -0.2) is 40.8 Å². The van der Waals surface area contributed by atoms with Crippen LogP contribution in [0.3, 0.4) is 0 Å². The highest BCUT2D eigenvalue weighted by molar-refractivity contribution is 5.95. The summed E-state index contributed by atoms with van der Waals surface area (Å²) in [4.78, 5) is 13.1. The molecule has 106 valence electrons. The van der Waals surface area contributed by atoms with Crippen molar-refractivity contribution in [3.8, 4) is 0 Å². The molecule has 1 aromatic heterocycles. The van der Waals surface area contributed by atoms with E-state index in [1.165, 1.54) is 6.07 Å². The first-order chi connectivity index (χ1) is 8.64. The second-order valence-corrected chi connectivity index (χ2v) is 4.83. The van der Waals surface area contributed by atoms with E-state index < -0.39 is 30.7 Å². The van der Waals surface area contributed by atoms with E-state index in [0.29, 0.717) is 11.5 Å². The first-order valence-corrected chi connectivity index (χ1v) is 5.79. The second-order valence-electron chi connectivity index (χ2n) is 4.83. The summed E-state index contributed by atoms with van der Waals surface area (Å²) < 4.78 is 43.2. The van der Waals surface area contributed by atoms with Crippen LogP contribution in [-0.2, 0) is 0 Å². The van der Waals surface area contributed by atoms with Gasteiger partial charge in [-0.3, -0.25) is 4.79 Å². The number of furan rings is 1. The number of carbonyl (C=O) groups is 1. The number of likely N-dealkylation sites (tertiary alicyclic amines) is 1. The molecule has 1 saturated heterocycles. The van der Waals surface area contributed by atoms with Gasteiger partial charge in [0, 0.05) is 13.0 Å². The Morgan fingerprint density at radius 3 is 2.53 bits per heavy atom. The predicted octanol–water partition coefficient (Wildman–Crippen LogP) is 2.04. The van der Waals surface area contributed by atoms with Crippen molar-refractivity contribution in [2.24, 2.45) is 0 Å². The molecular weight excluding hydrogens is 263 g/mol. The van der Waals surface area contributed by atoms with Gasteiger partial charge in [-0.05, 0) is 19.9 Å². The largest absolute Gasteiger partial charge is 0.466 e. The Balaban J connectivity index is 2.18. The third kappa shape index (κ3) is 2.34. The topological polar surface area (TPSA) is 53.7 Å². The van der Waals surface area contributed by atoms with Gasteiger partial charge in [-0.25, -0.2) is 0 Å². The third-order valence-electron chi connectivity index (χ3n) is 3.33. The molecule has 4 nitrogen and oxygen atoms in total. The summed E-state index contributed by atoms with van der Waals surface area (Å²) in [5.74, 6) is 0.339. The average Bonchev–Trinajstić information content (AvgIpc) is 2.81. The molecule has 2 heterocycles. The Bertz CT molecular complexity index is 509. The lowest BCUT2D eigenvalue weighted by molar-refractivity contribution is -0.253. The van der Waals surface area contributed by atoms with Gasteiger partial charge in [-0.2, -0.15) is 13.2 Å².